The molecule has 0 fully saturated rings. The summed E-state index contributed by atoms with van der Waals surface area (Å²) < 4.78 is 0. The van der Waals surface area contributed by atoms with E-state index in [1.54, 1.807) is 0 Å². The van der Waals surface area contributed by atoms with Crippen LogP contribution in [0.1, 0.15) is 31.0 Å². The van der Waals surface area contributed by atoms with E-state index in [0.717, 1.165) is 12.2 Å². The lowest BCUT2D eigenvalue weighted by molar-refractivity contribution is 0.785. The van der Waals surface area contributed by atoms with Crippen molar-refractivity contribution in [2.75, 3.05) is 7.05 Å². The summed E-state index contributed by atoms with van der Waals surface area (Å²) in [7, 11) is 1.94. The first-order valence-electron chi connectivity index (χ1n) is 5.99. The van der Waals surface area contributed by atoms with Crippen LogP contribution in [0.3, 0.4) is 0 Å². The van der Waals surface area contributed by atoms with Gasteiger partial charge in [0.2, 0.25) is 0 Å². The van der Waals surface area contributed by atoms with Crippen molar-refractivity contribution in [3.8, 4) is 11.1 Å². The maximum Gasteiger partial charge on any atom is 0.0569 e. The molecule has 1 aromatic carbocycles. The maximum atomic E-state index is 4.11. The lowest BCUT2D eigenvalue weighted by Gasteiger charge is -2.07. The fourth-order valence-electron chi connectivity index (χ4n) is 1.92. The number of aromatic nitrogens is 2. The molecule has 1 aromatic heterocycles. The second kappa shape index (κ2) is 5.15. The van der Waals surface area contributed by atoms with E-state index in [4.69, 9.17) is 0 Å². The van der Waals surface area contributed by atoms with Crippen LogP contribution < -0.4 is 5.32 Å². The Morgan fingerprint density at radius 1 is 1.24 bits per heavy atom. The molecule has 90 valence electrons. The van der Waals surface area contributed by atoms with Crippen LogP contribution >= 0.6 is 0 Å². The van der Waals surface area contributed by atoms with Gasteiger partial charge in [0.25, 0.3) is 0 Å². The summed E-state index contributed by atoms with van der Waals surface area (Å²) in [6, 6.07) is 8.71. The molecule has 2 N–H and O–H groups in total. The van der Waals surface area contributed by atoms with Crippen molar-refractivity contribution in [3.63, 3.8) is 0 Å². The summed E-state index contributed by atoms with van der Waals surface area (Å²) in [5.74, 6) is 0.574. The van der Waals surface area contributed by atoms with Crippen LogP contribution in [0.2, 0.25) is 0 Å². The summed E-state index contributed by atoms with van der Waals surface area (Å²) in [4.78, 5) is 0. The van der Waals surface area contributed by atoms with Crippen LogP contribution in [0.5, 0.6) is 0 Å². The minimum atomic E-state index is 0.574. The number of nitrogens with one attached hydrogen (secondary N) is 2. The second-order valence-corrected chi connectivity index (χ2v) is 4.57. The standard InChI is InChI=1S/C14H19N3/c1-10(2)11-4-6-12(7-5-11)13-8-16-17-14(13)9-15-3/h4-8,10,15H,9H2,1-3H3,(H,16,17). The SMILES string of the molecule is CNCc1[nH]ncc1-c1ccc(C(C)C)cc1. The summed E-state index contributed by atoms with van der Waals surface area (Å²) in [5, 5.41) is 10.3. The van der Waals surface area contributed by atoms with Crippen LogP contribution in [-0.2, 0) is 6.54 Å². The predicted octanol–water partition coefficient (Wildman–Crippen LogP) is 2.92. The zero-order chi connectivity index (χ0) is 12.3. The topological polar surface area (TPSA) is 40.7 Å². The van der Waals surface area contributed by atoms with Crippen molar-refractivity contribution in [3.05, 3.63) is 41.7 Å². The summed E-state index contributed by atoms with van der Waals surface area (Å²) in [6.45, 7) is 5.22. The fraction of sp³-hybridized carbons (Fsp3) is 0.357. The molecule has 0 atom stereocenters. The van der Waals surface area contributed by atoms with Crippen molar-refractivity contribution in [1.29, 1.82) is 0 Å². The molecule has 0 amide bonds. The molecule has 0 aliphatic heterocycles. The molecular weight excluding hydrogens is 210 g/mol. The molecule has 0 aliphatic rings. The third-order valence-corrected chi connectivity index (χ3v) is 2.96. The molecule has 0 radical (unpaired) electrons. The van der Waals surface area contributed by atoms with Crippen LogP contribution in [0.4, 0.5) is 0 Å². The van der Waals surface area contributed by atoms with Gasteiger partial charge in [0.05, 0.1) is 11.9 Å². The number of nitrogens with zero attached hydrogens (tertiary/aromatic N) is 1. The number of hydrogen-bond acceptors (Lipinski definition) is 2. The van der Waals surface area contributed by atoms with Crippen molar-refractivity contribution >= 4 is 0 Å². The van der Waals surface area contributed by atoms with E-state index in [1.807, 2.05) is 13.2 Å². The number of aromatic amines is 1. The quantitative estimate of drug-likeness (QED) is 0.846. The first-order valence-corrected chi connectivity index (χ1v) is 5.99. The average molecular weight is 229 g/mol. The summed E-state index contributed by atoms with van der Waals surface area (Å²) in [5.41, 5.74) is 4.89. The van der Waals surface area contributed by atoms with Gasteiger partial charge in [-0.3, -0.25) is 5.10 Å². The molecule has 3 heteroatoms. The Kier molecular flexibility index (Phi) is 3.59. The summed E-state index contributed by atoms with van der Waals surface area (Å²) >= 11 is 0. The monoisotopic (exact) mass is 229 g/mol. The Balaban J connectivity index is 2.30. The van der Waals surface area contributed by atoms with E-state index in [-0.39, 0.29) is 0 Å². The smallest absolute Gasteiger partial charge is 0.0569 e. The molecule has 17 heavy (non-hydrogen) atoms. The molecule has 2 rings (SSSR count). The van der Waals surface area contributed by atoms with Gasteiger partial charge in [0.1, 0.15) is 0 Å². The highest BCUT2D eigenvalue weighted by molar-refractivity contribution is 5.65. The van der Waals surface area contributed by atoms with E-state index >= 15 is 0 Å². The predicted molar refractivity (Wildman–Crippen MR) is 70.9 cm³/mol. The zero-order valence-corrected chi connectivity index (χ0v) is 10.6. The maximum absolute atomic E-state index is 4.11. The van der Waals surface area contributed by atoms with Gasteiger partial charge in [-0.1, -0.05) is 38.1 Å². The first kappa shape index (κ1) is 11.9. The Labute approximate surface area is 102 Å². The number of hydrogen-bond donors (Lipinski definition) is 2. The highest BCUT2D eigenvalue weighted by atomic mass is 15.1. The molecule has 1 heterocycles. The van der Waals surface area contributed by atoms with Gasteiger partial charge in [-0.15, -0.1) is 0 Å². The average Bonchev–Trinajstić information content (AvgIpc) is 2.78. The molecule has 0 bridgehead atoms. The normalized spacial score (nSPS) is 11.1. The van der Waals surface area contributed by atoms with Crippen molar-refractivity contribution < 1.29 is 0 Å². The fourth-order valence-corrected chi connectivity index (χ4v) is 1.92. The zero-order valence-electron chi connectivity index (χ0n) is 10.6. The van der Waals surface area contributed by atoms with Gasteiger partial charge in [0, 0.05) is 12.1 Å². The van der Waals surface area contributed by atoms with Gasteiger partial charge in [0.15, 0.2) is 0 Å². The van der Waals surface area contributed by atoms with Crippen molar-refractivity contribution in [1.82, 2.24) is 15.5 Å². The van der Waals surface area contributed by atoms with Gasteiger partial charge in [-0.25, -0.2) is 0 Å². The number of H-pyrrole nitrogens is 1. The van der Waals surface area contributed by atoms with Crippen LogP contribution in [0.25, 0.3) is 11.1 Å². The lowest BCUT2D eigenvalue weighted by atomic mass is 9.99. The Hall–Kier alpha value is -1.61. The Morgan fingerprint density at radius 2 is 1.94 bits per heavy atom. The van der Waals surface area contributed by atoms with Gasteiger partial charge in [-0.05, 0) is 24.1 Å². The second-order valence-electron chi connectivity index (χ2n) is 4.57. The third kappa shape index (κ3) is 2.56. The van der Waals surface area contributed by atoms with E-state index in [0.29, 0.717) is 5.92 Å². The molecule has 0 saturated carbocycles. The van der Waals surface area contributed by atoms with Crippen molar-refractivity contribution in [2.45, 2.75) is 26.3 Å². The Bertz CT molecular complexity index is 468. The van der Waals surface area contributed by atoms with Crippen LogP contribution in [-0.4, -0.2) is 17.2 Å². The van der Waals surface area contributed by atoms with Crippen LogP contribution in [0.15, 0.2) is 30.5 Å². The van der Waals surface area contributed by atoms with E-state index < -0.39 is 0 Å². The lowest BCUT2D eigenvalue weighted by Crippen LogP contribution is -2.06. The van der Waals surface area contributed by atoms with Crippen LogP contribution in [0, 0.1) is 0 Å². The molecular formula is C14H19N3. The van der Waals surface area contributed by atoms with E-state index in [1.165, 1.54) is 16.7 Å². The highest BCUT2D eigenvalue weighted by Gasteiger charge is 2.07. The van der Waals surface area contributed by atoms with Crippen molar-refractivity contribution in [2.24, 2.45) is 0 Å². The van der Waals surface area contributed by atoms with Gasteiger partial charge >= 0.3 is 0 Å². The van der Waals surface area contributed by atoms with Gasteiger partial charge in [-0.2, -0.15) is 5.10 Å². The molecule has 0 spiro atoms. The minimum absolute atomic E-state index is 0.574. The third-order valence-electron chi connectivity index (χ3n) is 2.96. The van der Waals surface area contributed by atoms with Gasteiger partial charge < -0.3 is 5.32 Å². The van der Waals surface area contributed by atoms with E-state index in [2.05, 4.69) is 53.6 Å². The highest BCUT2D eigenvalue weighted by Crippen LogP contribution is 2.24. The first-order chi connectivity index (χ1) is 8.22. The van der Waals surface area contributed by atoms with E-state index in [9.17, 15) is 0 Å². The molecule has 2 aromatic rings. The molecule has 3 nitrogen and oxygen atoms in total. The molecule has 0 aliphatic carbocycles. The summed E-state index contributed by atoms with van der Waals surface area (Å²) in [6.07, 6.45) is 1.89. The minimum Gasteiger partial charge on any atom is -0.314 e. The molecule has 0 saturated heterocycles. The number of benzene rings is 1. The number of rotatable bonds is 4. The molecule has 0 unspecified atom stereocenters. The Morgan fingerprint density at radius 3 is 2.53 bits per heavy atom. The largest absolute Gasteiger partial charge is 0.314 e.